The van der Waals surface area contributed by atoms with Gasteiger partial charge < -0.3 is 4.74 Å². The van der Waals surface area contributed by atoms with Crippen LogP contribution in [0.4, 0.5) is 0 Å². The van der Waals surface area contributed by atoms with Crippen molar-refractivity contribution in [3.05, 3.63) is 29.6 Å². The molecule has 0 saturated carbocycles. The Hall–Kier alpha value is -1.22. The van der Waals surface area contributed by atoms with Crippen LogP contribution < -0.4 is 0 Å². The zero-order valence-corrected chi connectivity index (χ0v) is 10.7. The number of hydrogen-bond acceptors (Lipinski definition) is 3. The van der Waals surface area contributed by atoms with Gasteiger partial charge in [0.15, 0.2) is 0 Å². The predicted molar refractivity (Wildman–Crippen MR) is 68.1 cm³/mol. The van der Waals surface area contributed by atoms with E-state index in [1.165, 1.54) is 5.56 Å². The van der Waals surface area contributed by atoms with Gasteiger partial charge in [0.2, 0.25) is 0 Å². The third-order valence-electron chi connectivity index (χ3n) is 2.62. The maximum atomic E-state index is 11.6. The maximum absolute atomic E-state index is 11.6. The van der Waals surface area contributed by atoms with Crippen molar-refractivity contribution in [2.45, 2.75) is 39.5 Å². The summed E-state index contributed by atoms with van der Waals surface area (Å²) in [5.74, 6) is 0.237. The molecule has 17 heavy (non-hydrogen) atoms. The van der Waals surface area contributed by atoms with E-state index in [9.17, 15) is 4.79 Å². The highest BCUT2D eigenvalue weighted by Crippen LogP contribution is 2.04. The lowest BCUT2D eigenvalue weighted by atomic mass is 10.1. The molecule has 0 unspecified atom stereocenters. The predicted octanol–water partition coefficient (Wildman–Crippen LogP) is 2.57. The highest BCUT2D eigenvalue weighted by atomic mass is 16.5. The van der Waals surface area contributed by atoms with Gasteiger partial charge in [-0.2, -0.15) is 0 Å². The van der Waals surface area contributed by atoms with Crippen LogP contribution in [0.2, 0.25) is 0 Å². The first-order valence-corrected chi connectivity index (χ1v) is 6.29. The van der Waals surface area contributed by atoms with Crippen LogP contribution in [0.1, 0.15) is 37.9 Å². The van der Waals surface area contributed by atoms with E-state index in [1.54, 1.807) is 0 Å². The number of rotatable bonds is 8. The van der Waals surface area contributed by atoms with Crippen molar-refractivity contribution in [1.82, 2.24) is 4.98 Å². The lowest BCUT2D eigenvalue weighted by Gasteiger charge is -2.02. The number of aromatic nitrogens is 1. The van der Waals surface area contributed by atoms with E-state index in [4.69, 9.17) is 4.74 Å². The quantitative estimate of drug-likeness (QED) is 0.650. The molecule has 1 rings (SSSR count). The molecule has 1 aromatic heterocycles. The normalized spacial score (nSPS) is 10.5. The molecular weight excluding hydrogens is 214 g/mol. The van der Waals surface area contributed by atoms with Crippen LogP contribution in [-0.2, 0) is 22.4 Å². The van der Waals surface area contributed by atoms with Crippen molar-refractivity contribution in [1.29, 1.82) is 0 Å². The molecule has 1 heterocycles. The first kappa shape index (κ1) is 13.8. The Balaban J connectivity index is 2.29. The van der Waals surface area contributed by atoms with Crippen LogP contribution in [0.15, 0.2) is 18.3 Å². The lowest BCUT2D eigenvalue weighted by molar-refractivity contribution is -0.118. The number of aryl methyl sites for hydroxylation is 1. The second-order valence-electron chi connectivity index (χ2n) is 4.03. The average Bonchev–Trinajstić information content (AvgIpc) is 2.36. The Bertz CT molecular complexity index is 333. The Morgan fingerprint density at radius 2 is 2.18 bits per heavy atom. The fourth-order valence-corrected chi connectivity index (χ4v) is 1.57. The van der Waals surface area contributed by atoms with E-state index < -0.39 is 0 Å². The molecule has 0 saturated heterocycles. The zero-order valence-electron chi connectivity index (χ0n) is 10.7. The molecule has 1 aromatic rings. The van der Waals surface area contributed by atoms with Gasteiger partial charge in [-0.3, -0.25) is 9.78 Å². The first-order chi connectivity index (χ1) is 8.26. The minimum atomic E-state index is 0.237. The summed E-state index contributed by atoms with van der Waals surface area (Å²) in [6, 6.07) is 3.98. The summed E-state index contributed by atoms with van der Waals surface area (Å²) < 4.78 is 5.20. The third-order valence-corrected chi connectivity index (χ3v) is 2.62. The van der Waals surface area contributed by atoms with Crippen molar-refractivity contribution in [2.24, 2.45) is 0 Å². The molecule has 0 aliphatic rings. The Kier molecular flexibility index (Phi) is 6.48. The highest BCUT2D eigenvalue weighted by molar-refractivity contribution is 5.80. The Morgan fingerprint density at radius 3 is 2.76 bits per heavy atom. The lowest BCUT2D eigenvalue weighted by Crippen LogP contribution is -2.06. The molecular formula is C14H21NO2. The molecule has 0 fully saturated rings. The van der Waals surface area contributed by atoms with Crippen LogP contribution in [0, 0.1) is 0 Å². The molecule has 0 amide bonds. The van der Waals surface area contributed by atoms with Crippen LogP contribution in [0.3, 0.4) is 0 Å². The molecule has 0 aromatic carbocycles. The van der Waals surface area contributed by atoms with E-state index in [-0.39, 0.29) is 5.78 Å². The molecule has 94 valence electrons. The number of hydrogen-bond donors (Lipinski definition) is 0. The van der Waals surface area contributed by atoms with E-state index in [2.05, 4.69) is 11.9 Å². The minimum absolute atomic E-state index is 0.237. The third kappa shape index (κ3) is 5.59. The van der Waals surface area contributed by atoms with Gasteiger partial charge in [0, 0.05) is 37.9 Å². The second kappa shape index (κ2) is 7.96. The van der Waals surface area contributed by atoms with Gasteiger partial charge >= 0.3 is 0 Å². The molecule has 0 aliphatic carbocycles. The minimum Gasteiger partial charge on any atom is -0.382 e. The van der Waals surface area contributed by atoms with Gasteiger partial charge in [-0.15, -0.1) is 0 Å². The van der Waals surface area contributed by atoms with E-state index >= 15 is 0 Å². The summed E-state index contributed by atoms with van der Waals surface area (Å²) >= 11 is 0. The molecule has 0 N–H and O–H groups in total. The fraction of sp³-hybridized carbons (Fsp3) is 0.571. The fourth-order valence-electron chi connectivity index (χ4n) is 1.57. The number of ether oxygens (including phenoxy) is 1. The van der Waals surface area contributed by atoms with Gasteiger partial charge in [0.05, 0.1) is 0 Å². The first-order valence-electron chi connectivity index (χ1n) is 6.29. The summed E-state index contributed by atoms with van der Waals surface area (Å²) in [7, 11) is 0. The number of ketones is 1. The molecule has 3 nitrogen and oxygen atoms in total. The number of nitrogens with zero attached hydrogens (tertiary/aromatic N) is 1. The van der Waals surface area contributed by atoms with Crippen LogP contribution >= 0.6 is 0 Å². The summed E-state index contributed by atoms with van der Waals surface area (Å²) in [4.78, 5) is 15.9. The molecule has 0 atom stereocenters. The molecule has 0 radical (unpaired) electrons. The van der Waals surface area contributed by atoms with Gasteiger partial charge in [-0.25, -0.2) is 0 Å². The number of carbonyl (C=O) groups is 1. The van der Waals surface area contributed by atoms with E-state index in [0.717, 1.165) is 18.5 Å². The number of carbonyl (C=O) groups excluding carboxylic acids is 1. The van der Waals surface area contributed by atoms with Crippen molar-refractivity contribution >= 4 is 5.78 Å². The van der Waals surface area contributed by atoms with Gasteiger partial charge in [0.25, 0.3) is 0 Å². The summed E-state index contributed by atoms with van der Waals surface area (Å²) in [6.45, 7) is 5.44. The van der Waals surface area contributed by atoms with Gasteiger partial charge in [-0.05, 0) is 31.4 Å². The topological polar surface area (TPSA) is 39.2 Å². The smallest absolute Gasteiger partial charge is 0.138 e. The average molecular weight is 235 g/mol. The Morgan fingerprint density at radius 1 is 1.35 bits per heavy atom. The maximum Gasteiger partial charge on any atom is 0.138 e. The highest BCUT2D eigenvalue weighted by Gasteiger charge is 2.04. The van der Waals surface area contributed by atoms with Crippen molar-refractivity contribution in [2.75, 3.05) is 13.2 Å². The van der Waals surface area contributed by atoms with Crippen molar-refractivity contribution < 1.29 is 9.53 Å². The van der Waals surface area contributed by atoms with Crippen molar-refractivity contribution in [3.63, 3.8) is 0 Å². The van der Waals surface area contributed by atoms with E-state index in [0.29, 0.717) is 26.1 Å². The molecule has 0 aliphatic heterocycles. The van der Waals surface area contributed by atoms with Crippen LogP contribution in [-0.4, -0.2) is 24.0 Å². The standard InChI is InChI=1S/C14H21NO2/c1-3-12-7-8-13(15-11-12)10-14(16)6-5-9-17-4-2/h7-8,11H,3-6,9-10H2,1-2H3. The largest absolute Gasteiger partial charge is 0.382 e. The monoisotopic (exact) mass is 235 g/mol. The number of pyridine rings is 1. The molecule has 0 spiro atoms. The van der Waals surface area contributed by atoms with Gasteiger partial charge in [-0.1, -0.05) is 13.0 Å². The summed E-state index contributed by atoms with van der Waals surface area (Å²) in [5.41, 5.74) is 2.07. The Labute approximate surface area is 103 Å². The zero-order chi connectivity index (χ0) is 12.5. The van der Waals surface area contributed by atoms with Crippen LogP contribution in [0.25, 0.3) is 0 Å². The van der Waals surface area contributed by atoms with E-state index in [1.807, 2.05) is 25.3 Å². The summed E-state index contributed by atoms with van der Waals surface area (Å²) in [6.07, 6.45) is 4.66. The molecule has 3 heteroatoms. The number of Topliss-reactive ketones (excluding diaryl/α,β-unsaturated/α-hetero) is 1. The molecule has 0 bridgehead atoms. The van der Waals surface area contributed by atoms with Gasteiger partial charge in [0.1, 0.15) is 5.78 Å². The van der Waals surface area contributed by atoms with Crippen LogP contribution in [0.5, 0.6) is 0 Å². The summed E-state index contributed by atoms with van der Waals surface area (Å²) in [5, 5.41) is 0. The second-order valence-corrected chi connectivity index (χ2v) is 4.03. The van der Waals surface area contributed by atoms with Crippen molar-refractivity contribution in [3.8, 4) is 0 Å². The SMILES string of the molecule is CCOCCCC(=O)Cc1ccc(CC)cn1.